The number of hydrogen-bond donors (Lipinski definition) is 0. The molecule has 0 spiro atoms. The first-order valence-electron chi connectivity index (χ1n) is 11.5. The maximum absolute atomic E-state index is 14.3. The lowest BCUT2D eigenvalue weighted by Gasteiger charge is -2.53. The Morgan fingerprint density at radius 2 is 1.82 bits per heavy atom. The van der Waals surface area contributed by atoms with Gasteiger partial charge in [-0.25, -0.2) is 14.2 Å². The van der Waals surface area contributed by atoms with Gasteiger partial charge in [-0.1, -0.05) is 21.1 Å². The quantitative estimate of drug-likeness (QED) is 0.447. The van der Waals surface area contributed by atoms with E-state index in [-0.39, 0.29) is 16.7 Å². The monoisotopic (exact) mass is 522 g/mol. The van der Waals surface area contributed by atoms with Crippen molar-refractivity contribution in [3.8, 4) is 0 Å². The largest absolute Gasteiger partial charge is 0.443 e. The van der Waals surface area contributed by atoms with Crippen LogP contribution in [0.25, 0.3) is 0 Å². The third-order valence-corrected chi connectivity index (χ3v) is 7.40. The summed E-state index contributed by atoms with van der Waals surface area (Å²) in [6.07, 6.45) is 6.70. The van der Waals surface area contributed by atoms with Crippen LogP contribution in [-0.4, -0.2) is 33.4 Å². The number of hydrogen-bond acceptors (Lipinski definition) is 6. The second-order valence-electron chi connectivity index (χ2n) is 11.1. The molecule has 0 aromatic carbocycles. The van der Waals surface area contributed by atoms with Gasteiger partial charge in [0.1, 0.15) is 11.4 Å². The van der Waals surface area contributed by atoms with Crippen molar-refractivity contribution in [1.82, 2.24) is 15.1 Å². The van der Waals surface area contributed by atoms with Crippen LogP contribution in [0.15, 0.2) is 27.3 Å². The molecule has 3 aliphatic carbocycles. The van der Waals surface area contributed by atoms with E-state index >= 15 is 0 Å². The number of carbonyl (C=O) groups is 1. The number of ether oxygens (including phenoxy) is 1. The van der Waals surface area contributed by atoms with Gasteiger partial charge in [0.15, 0.2) is 11.5 Å². The number of nitrogens with zero attached hydrogens (tertiary/aromatic N) is 4. The van der Waals surface area contributed by atoms with E-state index in [4.69, 9.17) is 9.26 Å². The summed E-state index contributed by atoms with van der Waals surface area (Å²) in [6.45, 7) is 8.98. The summed E-state index contributed by atoms with van der Waals surface area (Å²) in [5.41, 5.74) is -2.47. The molecular weight excluding hydrogens is 491 g/mol. The fraction of sp³-hybridized carbons (Fsp3) is 0.667. The summed E-state index contributed by atoms with van der Waals surface area (Å²) >= 11 is 3.49. The average molecular weight is 523 g/mol. The standard InChI is InChI=1S/C24H32BrFN4O3/c1-21(2,3)32-20(31)30(17-14-16(25)6-13-27-17)15-23-7-10-24(11-8-23,12-9-23)18-28-19(33-29-18)22(4,5)26/h6,13-14H,7-12,15H2,1-5H3. The number of halogens is 2. The van der Waals surface area contributed by atoms with E-state index < -0.39 is 17.4 Å². The Morgan fingerprint density at radius 1 is 1.18 bits per heavy atom. The Hall–Kier alpha value is -2.03. The molecule has 2 heterocycles. The zero-order valence-corrected chi connectivity index (χ0v) is 21.5. The first kappa shape index (κ1) is 24.1. The van der Waals surface area contributed by atoms with Gasteiger partial charge in [0.25, 0.3) is 5.89 Å². The predicted octanol–water partition coefficient (Wildman–Crippen LogP) is 6.47. The summed E-state index contributed by atoms with van der Waals surface area (Å²) in [5, 5.41) is 4.16. The Bertz CT molecular complexity index is 1000. The molecule has 2 aromatic heterocycles. The van der Waals surface area contributed by atoms with Crippen molar-refractivity contribution in [3.63, 3.8) is 0 Å². The lowest BCUT2D eigenvalue weighted by molar-refractivity contribution is 0.0304. The molecule has 3 saturated carbocycles. The predicted molar refractivity (Wildman–Crippen MR) is 126 cm³/mol. The smallest absolute Gasteiger partial charge is 0.416 e. The number of pyridine rings is 1. The fourth-order valence-corrected chi connectivity index (χ4v) is 5.27. The van der Waals surface area contributed by atoms with Crippen LogP contribution in [0.2, 0.25) is 0 Å². The number of fused-ring (bicyclic) bond motifs is 3. The summed E-state index contributed by atoms with van der Waals surface area (Å²) in [5.74, 6) is 1.23. The van der Waals surface area contributed by atoms with E-state index in [9.17, 15) is 9.18 Å². The van der Waals surface area contributed by atoms with Crippen LogP contribution in [0.3, 0.4) is 0 Å². The SMILES string of the molecule is CC(C)(C)OC(=O)N(CC12CCC(c3noc(C(C)(C)F)n3)(CC1)CC2)c1cc(Br)ccn1. The van der Waals surface area contributed by atoms with E-state index in [1.807, 2.05) is 32.9 Å². The average Bonchev–Trinajstić information content (AvgIpc) is 3.24. The van der Waals surface area contributed by atoms with Gasteiger partial charge < -0.3 is 9.26 Å². The molecule has 5 rings (SSSR count). The molecule has 0 radical (unpaired) electrons. The van der Waals surface area contributed by atoms with Crippen LogP contribution < -0.4 is 4.90 Å². The number of amides is 1. The van der Waals surface area contributed by atoms with E-state index in [0.717, 1.165) is 43.0 Å². The lowest BCUT2D eigenvalue weighted by Crippen LogP contribution is -2.51. The third kappa shape index (κ3) is 5.08. The van der Waals surface area contributed by atoms with Gasteiger partial charge in [-0.2, -0.15) is 4.98 Å². The minimum Gasteiger partial charge on any atom is -0.443 e. The Morgan fingerprint density at radius 3 is 2.33 bits per heavy atom. The number of aromatic nitrogens is 3. The summed E-state index contributed by atoms with van der Waals surface area (Å²) in [7, 11) is 0. The number of carbonyl (C=O) groups excluding carboxylic acids is 1. The topological polar surface area (TPSA) is 81.4 Å². The molecule has 1 amide bonds. The highest BCUT2D eigenvalue weighted by Crippen LogP contribution is 2.57. The minimum atomic E-state index is -1.65. The van der Waals surface area contributed by atoms with E-state index in [0.29, 0.717) is 18.2 Å². The second-order valence-corrected chi connectivity index (χ2v) is 12.0. The van der Waals surface area contributed by atoms with Crippen molar-refractivity contribution < 1.29 is 18.4 Å². The second kappa shape index (κ2) is 8.32. The molecule has 7 nitrogen and oxygen atoms in total. The number of alkyl halides is 1. The molecule has 0 N–H and O–H groups in total. The zero-order valence-electron chi connectivity index (χ0n) is 20.0. The van der Waals surface area contributed by atoms with Crippen LogP contribution >= 0.6 is 15.9 Å². The Kier molecular flexibility index (Phi) is 6.08. The van der Waals surface area contributed by atoms with Gasteiger partial charge in [0.2, 0.25) is 0 Å². The zero-order chi connectivity index (χ0) is 24.1. The van der Waals surface area contributed by atoms with Crippen molar-refractivity contribution in [1.29, 1.82) is 0 Å². The van der Waals surface area contributed by atoms with Crippen molar-refractivity contribution >= 4 is 27.8 Å². The van der Waals surface area contributed by atoms with Crippen molar-refractivity contribution in [2.75, 3.05) is 11.4 Å². The van der Waals surface area contributed by atoms with Crippen LogP contribution in [0, 0.1) is 5.41 Å². The maximum Gasteiger partial charge on any atom is 0.416 e. The molecule has 3 aliphatic rings. The van der Waals surface area contributed by atoms with Crippen molar-refractivity contribution in [3.05, 3.63) is 34.5 Å². The highest BCUT2D eigenvalue weighted by Gasteiger charge is 2.53. The van der Waals surface area contributed by atoms with Gasteiger partial charge in [0.05, 0.1) is 0 Å². The van der Waals surface area contributed by atoms with Crippen LogP contribution in [0.1, 0.15) is 84.9 Å². The highest BCUT2D eigenvalue weighted by atomic mass is 79.9. The molecule has 0 saturated heterocycles. The van der Waals surface area contributed by atoms with Crippen molar-refractivity contribution in [2.24, 2.45) is 5.41 Å². The van der Waals surface area contributed by atoms with Gasteiger partial charge >= 0.3 is 6.09 Å². The molecule has 33 heavy (non-hydrogen) atoms. The van der Waals surface area contributed by atoms with Crippen LogP contribution in [0.4, 0.5) is 15.0 Å². The molecule has 0 unspecified atom stereocenters. The van der Waals surface area contributed by atoms with Gasteiger partial charge in [0, 0.05) is 22.6 Å². The van der Waals surface area contributed by atoms with E-state index in [1.54, 1.807) is 11.1 Å². The van der Waals surface area contributed by atoms with E-state index in [1.165, 1.54) is 13.8 Å². The molecule has 0 atom stereocenters. The van der Waals surface area contributed by atoms with Gasteiger partial charge in [-0.15, -0.1) is 0 Å². The summed E-state index contributed by atoms with van der Waals surface area (Å²) in [6, 6.07) is 3.68. The molecule has 2 bridgehead atoms. The normalized spacial score (nSPS) is 25.2. The highest BCUT2D eigenvalue weighted by molar-refractivity contribution is 9.10. The van der Waals surface area contributed by atoms with Gasteiger partial charge in [-0.3, -0.25) is 4.90 Å². The molecule has 2 aromatic rings. The van der Waals surface area contributed by atoms with E-state index in [2.05, 4.69) is 31.1 Å². The number of rotatable bonds is 5. The van der Waals surface area contributed by atoms with Crippen molar-refractivity contribution in [2.45, 2.75) is 89.8 Å². The molecule has 9 heteroatoms. The summed E-state index contributed by atoms with van der Waals surface area (Å²) < 4.78 is 26.1. The Balaban J connectivity index is 1.54. The lowest BCUT2D eigenvalue weighted by atomic mass is 9.53. The first-order valence-corrected chi connectivity index (χ1v) is 12.3. The number of anilines is 1. The van der Waals surface area contributed by atoms with Gasteiger partial charge in [-0.05, 0) is 90.7 Å². The molecule has 180 valence electrons. The minimum absolute atomic E-state index is 0.0332. The summed E-state index contributed by atoms with van der Waals surface area (Å²) in [4.78, 5) is 23.7. The molecule has 0 aliphatic heterocycles. The van der Waals surface area contributed by atoms with Crippen LogP contribution in [-0.2, 0) is 15.8 Å². The molecule has 3 fully saturated rings. The maximum atomic E-state index is 14.3. The Labute approximate surface area is 202 Å². The van der Waals surface area contributed by atoms with Crippen LogP contribution in [0.5, 0.6) is 0 Å². The fourth-order valence-electron chi connectivity index (χ4n) is 4.95. The molecular formula is C24H32BrFN4O3. The first-order chi connectivity index (χ1) is 15.3. The third-order valence-electron chi connectivity index (χ3n) is 6.90.